The Balaban J connectivity index is 1.45. The van der Waals surface area contributed by atoms with Crippen LogP contribution in [0.2, 0.25) is 0 Å². The Morgan fingerprint density at radius 1 is 0.413 bits per heavy atom. The van der Waals surface area contributed by atoms with Crippen LogP contribution < -0.4 is 4.57 Å². The quantitative estimate of drug-likeness (QED) is 0.159. The Bertz CT molecular complexity index is 3080. The topological polar surface area (TPSA) is 18.7 Å². The van der Waals surface area contributed by atoms with Gasteiger partial charge in [0.2, 0.25) is 0 Å². The maximum atomic E-state index is 2.60. The molecule has 10 aromatic rings. The van der Waals surface area contributed by atoms with Crippen LogP contribution in [0.4, 0.5) is 0 Å². The lowest BCUT2D eigenvalue weighted by Gasteiger charge is -2.44. The number of benzene rings is 6. The van der Waals surface area contributed by atoms with E-state index in [-0.39, 0.29) is 0 Å². The fourth-order valence-electron chi connectivity index (χ4n) is 9.90. The number of pyridine rings is 1. The molecule has 210 valence electrons. The second kappa shape index (κ2) is 7.06. The van der Waals surface area contributed by atoms with Gasteiger partial charge < -0.3 is 9.13 Å². The SMILES string of the molecule is c1cc2c3c(c1)-n1c4ccccc4c4cc5c6ccccc6n6c5c(c41)C3(c1cccc3c4ccccc4n-2c13)[n+]1ccccc1-6. The van der Waals surface area contributed by atoms with E-state index in [2.05, 4.69) is 158 Å². The first-order chi connectivity index (χ1) is 22.9. The van der Waals surface area contributed by atoms with Gasteiger partial charge in [-0.1, -0.05) is 78.9 Å². The Morgan fingerprint density at radius 2 is 0.957 bits per heavy atom. The molecule has 0 bridgehead atoms. The minimum absolute atomic E-state index is 0.584. The first-order valence-corrected chi connectivity index (χ1v) is 16.1. The molecule has 1 atom stereocenters. The molecule has 46 heavy (non-hydrogen) atoms. The standard InChI is InChI=1S/C42H23N4/c1-4-16-31-24(11-1)27-14-9-15-30-39(27)44(31)34-19-10-20-35-37(34)42(30)38-40-28(25-12-2-5-17-32(25)45(35)40)23-29-26-13-3-6-18-33(26)46(41(29)38)36-21-7-8-22-43(36)42/h1-23H/q+1. The predicted molar refractivity (Wildman–Crippen MR) is 185 cm³/mol. The molecular weight excluding hydrogens is 560 g/mol. The van der Waals surface area contributed by atoms with Gasteiger partial charge in [0.1, 0.15) is 5.52 Å². The summed E-state index contributed by atoms with van der Waals surface area (Å²) in [5.74, 6) is 1.19. The molecule has 0 fully saturated rings. The van der Waals surface area contributed by atoms with Gasteiger partial charge in [-0.2, -0.15) is 4.57 Å². The lowest BCUT2D eigenvalue weighted by atomic mass is 9.69. The van der Waals surface area contributed by atoms with Crippen molar-refractivity contribution in [3.05, 3.63) is 156 Å². The van der Waals surface area contributed by atoms with Gasteiger partial charge in [-0.3, -0.25) is 0 Å². The molecule has 0 amide bonds. The van der Waals surface area contributed by atoms with Crippen molar-refractivity contribution in [1.82, 2.24) is 13.7 Å². The second-order valence-corrected chi connectivity index (χ2v) is 13.1. The summed E-state index contributed by atoms with van der Waals surface area (Å²) in [6.45, 7) is 0. The average molecular weight is 584 g/mol. The van der Waals surface area contributed by atoms with Crippen LogP contribution in [-0.4, -0.2) is 13.7 Å². The van der Waals surface area contributed by atoms with Gasteiger partial charge in [-0.05, 0) is 48.5 Å². The third kappa shape index (κ3) is 2.07. The van der Waals surface area contributed by atoms with Crippen LogP contribution in [-0.2, 0) is 5.54 Å². The Kier molecular flexibility index (Phi) is 3.44. The van der Waals surface area contributed by atoms with Crippen molar-refractivity contribution in [3.63, 3.8) is 0 Å². The van der Waals surface area contributed by atoms with E-state index in [9.17, 15) is 0 Å². The zero-order valence-electron chi connectivity index (χ0n) is 24.6. The molecule has 1 spiro atoms. The molecule has 4 nitrogen and oxygen atoms in total. The van der Waals surface area contributed by atoms with Crippen LogP contribution >= 0.6 is 0 Å². The zero-order valence-corrected chi connectivity index (χ0v) is 24.6. The number of aromatic nitrogens is 4. The first-order valence-electron chi connectivity index (χ1n) is 16.1. The summed E-state index contributed by atoms with van der Waals surface area (Å²) in [7, 11) is 0. The Labute approximate surface area is 262 Å². The molecule has 4 aromatic heterocycles. The smallest absolute Gasteiger partial charge is 0.288 e. The average Bonchev–Trinajstić information content (AvgIpc) is 3.76. The fraction of sp³-hybridized carbons (Fsp3) is 0.0238. The highest BCUT2D eigenvalue weighted by Crippen LogP contribution is 2.59. The summed E-state index contributed by atoms with van der Waals surface area (Å²) in [6.07, 6.45) is 2.33. The lowest BCUT2D eigenvalue weighted by Crippen LogP contribution is -2.64. The van der Waals surface area contributed by atoms with Crippen molar-refractivity contribution in [3.8, 4) is 17.2 Å². The molecule has 3 aliphatic heterocycles. The summed E-state index contributed by atoms with van der Waals surface area (Å²) in [5.41, 5.74) is 13.6. The van der Waals surface area contributed by atoms with E-state index in [1.807, 2.05) is 0 Å². The van der Waals surface area contributed by atoms with Crippen molar-refractivity contribution < 1.29 is 4.57 Å². The van der Waals surface area contributed by atoms with Crippen molar-refractivity contribution in [2.24, 2.45) is 0 Å². The monoisotopic (exact) mass is 583 g/mol. The van der Waals surface area contributed by atoms with Crippen LogP contribution in [0.15, 0.2) is 140 Å². The number of hydrogen-bond donors (Lipinski definition) is 0. The maximum Gasteiger partial charge on any atom is 0.288 e. The van der Waals surface area contributed by atoms with Crippen molar-refractivity contribution in [2.75, 3.05) is 0 Å². The van der Waals surface area contributed by atoms with Crippen molar-refractivity contribution in [1.29, 1.82) is 0 Å². The van der Waals surface area contributed by atoms with E-state index < -0.39 is 5.54 Å². The molecule has 7 heterocycles. The summed E-state index contributed by atoms with van der Waals surface area (Å²) in [4.78, 5) is 0. The van der Waals surface area contributed by atoms with Gasteiger partial charge in [-0.15, -0.1) is 0 Å². The molecule has 0 saturated heterocycles. The molecule has 0 radical (unpaired) electrons. The molecule has 13 rings (SSSR count). The van der Waals surface area contributed by atoms with Gasteiger partial charge in [0.15, 0.2) is 11.1 Å². The highest BCUT2D eigenvalue weighted by Gasteiger charge is 2.59. The Hall–Kier alpha value is -6.13. The third-order valence-electron chi connectivity index (χ3n) is 11.3. The van der Waals surface area contributed by atoms with Gasteiger partial charge in [0, 0.05) is 43.9 Å². The molecule has 0 N–H and O–H groups in total. The number of rotatable bonds is 0. The normalized spacial score (nSPS) is 16.8. The summed E-state index contributed by atoms with van der Waals surface area (Å²) >= 11 is 0. The van der Waals surface area contributed by atoms with Crippen LogP contribution in [0.5, 0.6) is 0 Å². The van der Waals surface area contributed by atoms with Crippen LogP contribution in [0, 0.1) is 0 Å². The summed E-state index contributed by atoms with van der Waals surface area (Å²) in [6, 6.07) is 50.0. The molecular formula is C42H23N4+. The summed E-state index contributed by atoms with van der Waals surface area (Å²) < 4.78 is 10.2. The van der Waals surface area contributed by atoms with E-state index in [1.54, 1.807) is 0 Å². The van der Waals surface area contributed by atoms with Crippen LogP contribution in [0.25, 0.3) is 82.6 Å². The largest absolute Gasteiger partial charge is 0.308 e. The van der Waals surface area contributed by atoms with E-state index in [0.717, 1.165) is 0 Å². The first kappa shape index (κ1) is 22.4. The van der Waals surface area contributed by atoms with Crippen LogP contribution in [0.1, 0.15) is 16.7 Å². The molecule has 0 aliphatic carbocycles. The van der Waals surface area contributed by atoms with Gasteiger partial charge >= 0.3 is 0 Å². The van der Waals surface area contributed by atoms with E-state index in [0.29, 0.717) is 0 Å². The Morgan fingerprint density at radius 3 is 1.67 bits per heavy atom. The predicted octanol–water partition coefficient (Wildman–Crippen LogP) is 9.05. The number of para-hydroxylation sites is 4. The number of hydrogen-bond acceptors (Lipinski definition) is 0. The van der Waals surface area contributed by atoms with Gasteiger partial charge in [0.25, 0.3) is 5.82 Å². The fourth-order valence-corrected chi connectivity index (χ4v) is 9.90. The second-order valence-electron chi connectivity index (χ2n) is 13.1. The van der Waals surface area contributed by atoms with Crippen molar-refractivity contribution in [2.45, 2.75) is 5.54 Å². The minimum atomic E-state index is -0.584. The number of nitrogens with zero attached hydrogens (tertiary/aromatic N) is 4. The van der Waals surface area contributed by atoms with Crippen LogP contribution in [0.3, 0.4) is 0 Å². The zero-order chi connectivity index (χ0) is 29.5. The lowest BCUT2D eigenvalue weighted by molar-refractivity contribution is -0.729. The van der Waals surface area contributed by atoms with Gasteiger partial charge in [-0.25, -0.2) is 4.57 Å². The minimum Gasteiger partial charge on any atom is -0.308 e. The molecule has 4 heteroatoms. The molecule has 0 saturated carbocycles. The highest BCUT2D eigenvalue weighted by molar-refractivity contribution is 6.23. The number of fused-ring (bicyclic) bond motifs is 13. The molecule has 6 aromatic carbocycles. The third-order valence-corrected chi connectivity index (χ3v) is 11.3. The van der Waals surface area contributed by atoms with Gasteiger partial charge in [0.05, 0.1) is 50.8 Å². The van der Waals surface area contributed by atoms with E-state index >= 15 is 0 Å². The molecule has 3 aliphatic rings. The molecule has 1 unspecified atom stereocenters. The maximum absolute atomic E-state index is 2.60. The van der Waals surface area contributed by atoms with E-state index in [1.165, 1.54) is 99.3 Å². The summed E-state index contributed by atoms with van der Waals surface area (Å²) in [5, 5.41) is 7.82. The van der Waals surface area contributed by atoms with E-state index in [4.69, 9.17) is 0 Å². The van der Waals surface area contributed by atoms with Crippen molar-refractivity contribution >= 4 is 65.4 Å². The highest BCUT2D eigenvalue weighted by atomic mass is 15.2.